The largest absolute Gasteiger partial charge is 0.416 e. The molecule has 20 heavy (non-hydrogen) atoms. The lowest BCUT2D eigenvalue weighted by Gasteiger charge is -2.16. The molecule has 0 aromatic heterocycles. The third kappa shape index (κ3) is 4.30. The number of nitrogens with zero attached hydrogens (tertiary/aromatic N) is 2. The van der Waals surface area contributed by atoms with Crippen molar-refractivity contribution in [3.8, 4) is 0 Å². The van der Waals surface area contributed by atoms with Crippen LogP contribution in [0.1, 0.15) is 11.1 Å². The minimum Gasteiger partial charge on any atom is -0.370 e. The number of halogens is 4. The van der Waals surface area contributed by atoms with E-state index in [9.17, 15) is 18.0 Å². The SMILES string of the molecule is CN(Cc1cc(C(F)(F)F)ccc1Cl)C(=O)N=C(N)N. The fraction of sp³-hybridized carbons (Fsp3) is 0.273. The van der Waals surface area contributed by atoms with Gasteiger partial charge in [-0.1, -0.05) is 11.6 Å². The van der Waals surface area contributed by atoms with E-state index in [1.54, 1.807) is 0 Å². The monoisotopic (exact) mass is 308 g/mol. The maximum atomic E-state index is 12.6. The number of nitrogens with two attached hydrogens (primary N) is 2. The second-order valence-corrected chi connectivity index (χ2v) is 4.39. The van der Waals surface area contributed by atoms with Gasteiger partial charge < -0.3 is 16.4 Å². The van der Waals surface area contributed by atoms with Crippen molar-refractivity contribution < 1.29 is 18.0 Å². The van der Waals surface area contributed by atoms with Gasteiger partial charge in [0.15, 0.2) is 5.96 Å². The molecule has 0 unspecified atom stereocenters. The van der Waals surface area contributed by atoms with E-state index in [0.29, 0.717) is 0 Å². The summed E-state index contributed by atoms with van der Waals surface area (Å²) >= 11 is 5.81. The Morgan fingerprint density at radius 1 is 1.40 bits per heavy atom. The molecule has 0 aliphatic rings. The molecule has 110 valence electrons. The summed E-state index contributed by atoms with van der Waals surface area (Å²) in [5.74, 6) is -0.433. The van der Waals surface area contributed by atoms with E-state index < -0.39 is 23.7 Å². The van der Waals surface area contributed by atoms with Gasteiger partial charge >= 0.3 is 12.2 Å². The van der Waals surface area contributed by atoms with Crippen LogP contribution in [0.3, 0.4) is 0 Å². The Morgan fingerprint density at radius 2 is 2.00 bits per heavy atom. The summed E-state index contributed by atoms with van der Waals surface area (Å²) in [6.45, 7) is -0.154. The first-order valence-electron chi connectivity index (χ1n) is 5.31. The molecule has 2 amide bonds. The lowest BCUT2D eigenvalue weighted by atomic mass is 10.1. The van der Waals surface area contributed by atoms with Crippen LogP contribution >= 0.6 is 11.6 Å². The van der Waals surface area contributed by atoms with Crippen LogP contribution < -0.4 is 11.5 Å². The molecule has 0 bridgehead atoms. The molecule has 0 saturated carbocycles. The molecule has 0 saturated heterocycles. The lowest BCUT2D eigenvalue weighted by Crippen LogP contribution is -2.30. The zero-order chi connectivity index (χ0) is 15.5. The quantitative estimate of drug-likeness (QED) is 0.648. The van der Waals surface area contributed by atoms with Crippen molar-refractivity contribution in [2.45, 2.75) is 12.7 Å². The first-order chi connectivity index (χ1) is 9.11. The minimum atomic E-state index is -4.48. The minimum absolute atomic E-state index is 0.113. The summed E-state index contributed by atoms with van der Waals surface area (Å²) < 4.78 is 37.8. The predicted octanol–water partition coefficient (Wildman–Crippen LogP) is 2.18. The number of benzene rings is 1. The smallest absolute Gasteiger partial charge is 0.370 e. The third-order valence-electron chi connectivity index (χ3n) is 2.33. The van der Waals surface area contributed by atoms with E-state index in [1.807, 2.05) is 0 Å². The summed E-state index contributed by atoms with van der Waals surface area (Å²) in [4.78, 5) is 15.8. The van der Waals surface area contributed by atoms with Gasteiger partial charge in [-0.25, -0.2) is 4.79 Å². The Hall–Kier alpha value is -1.96. The van der Waals surface area contributed by atoms with Crippen molar-refractivity contribution in [2.24, 2.45) is 16.5 Å². The Balaban J connectivity index is 2.98. The summed E-state index contributed by atoms with van der Waals surface area (Å²) in [5, 5.41) is 0.113. The number of guanidine groups is 1. The fourth-order valence-electron chi connectivity index (χ4n) is 1.39. The van der Waals surface area contributed by atoms with Gasteiger partial charge in [-0.3, -0.25) is 0 Å². The molecule has 5 nitrogen and oxygen atoms in total. The van der Waals surface area contributed by atoms with Crippen LogP contribution in [-0.4, -0.2) is 23.9 Å². The van der Waals surface area contributed by atoms with Gasteiger partial charge in [0.1, 0.15) is 0 Å². The molecule has 4 N–H and O–H groups in total. The summed E-state index contributed by atoms with van der Waals surface area (Å²) in [6, 6.07) is 2.09. The van der Waals surface area contributed by atoms with Crippen molar-refractivity contribution in [3.05, 3.63) is 34.3 Å². The van der Waals surface area contributed by atoms with E-state index >= 15 is 0 Å². The highest BCUT2D eigenvalue weighted by Gasteiger charge is 2.31. The van der Waals surface area contributed by atoms with E-state index in [0.717, 1.165) is 23.1 Å². The first-order valence-corrected chi connectivity index (χ1v) is 5.69. The normalized spacial score (nSPS) is 11.1. The maximum absolute atomic E-state index is 12.6. The highest BCUT2D eigenvalue weighted by atomic mass is 35.5. The average molecular weight is 309 g/mol. The topological polar surface area (TPSA) is 84.7 Å². The standard InChI is InChI=1S/C11H12ClF3N4O/c1-19(10(20)18-9(16)17)5-6-4-7(11(13,14)15)2-3-8(6)12/h2-4H,5H2,1H3,(H4,16,17,18,20). The molecular formula is C11H12ClF3N4O. The summed E-state index contributed by atoms with van der Waals surface area (Å²) in [6.07, 6.45) is -4.48. The van der Waals surface area contributed by atoms with Gasteiger partial charge in [0, 0.05) is 18.6 Å². The van der Waals surface area contributed by atoms with E-state index in [2.05, 4.69) is 4.99 Å². The van der Waals surface area contributed by atoms with Crippen LogP contribution in [0.25, 0.3) is 0 Å². The molecule has 1 aromatic carbocycles. The number of amides is 2. The van der Waals surface area contributed by atoms with Gasteiger partial charge in [-0.15, -0.1) is 0 Å². The summed E-state index contributed by atoms with van der Waals surface area (Å²) in [7, 11) is 1.34. The molecule has 1 rings (SSSR count). The van der Waals surface area contributed by atoms with Gasteiger partial charge in [0.25, 0.3) is 0 Å². The zero-order valence-electron chi connectivity index (χ0n) is 10.4. The number of alkyl halides is 3. The summed E-state index contributed by atoms with van der Waals surface area (Å²) in [5.41, 5.74) is 9.38. The number of hydrogen-bond donors (Lipinski definition) is 2. The molecule has 0 atom stereocenters. The van der Waals surface area contributed by atoms with Crippen LogP contribution in [0.15, 0.2) is 23.2 Å². The van der Waals surface area contributed by atoms with Crippen molar-refractivity contribution in [1.29, 1.82) is 0 Å². The average Bonchev–Trinajstić information content (AvgIpc) is 2.29. The molecule has 1 aromatic rings. The van der Waals surface area contributed by atoms with Crippen LogP contribution in [0.5, 0.6) is 0 Å². The van der Waals surface area contributed by atoms with Gasteiger partial charge in [-0.2, -0.15) is 18.2 Å². The van der Waals surface area contributed by atoms with Gasteiger partial charge in [-0.05, 0) is 23.8 Å². The van der Waals surface area contributed by atoms with Crippen LogP contribution in [0.4, 0.5) is 18.0 Å². The van der Waals surface area contributed by atoms with Crippen LogP contribution in [-0.2, 0) is 12.7 Å². The third-order valence-corrected chi connectivity index (χ3v) is 2.70. The Bertz CT molecular complexity index is 541. The fourth-order valence-corrected chi connectivity index (χ4v) is 1.57. The Kier molecular flexibility index (Phi) is 4.83. The van der Waals surface area contributed by atoms with Gasteiger partial charge in [0.05, 0.1) is 5.56 Å². The first kappa shape index (κ1) is 16.1. The van der Waals surface area contributed by atoms with Crippen LogP contribution in [0, 0.1) is 0 Å². The molecule has 9 heteroatoms. The number of aliphatic imine (C=N–C) groups is 1. The van der Waals surface area contributed by atoms with Gasteiger partial charge in [0.2, 0.25) is 0 Å². The highest BCUT2D eigenvalue weighted by molar-refractivity contribution is 6.31. The second kappa shape index (κ2) is 6.00. The van der Waals surface area contributed by atoms with E-state index in [4.69, 9.17) is 23.1 Å². The Labute approximate surface area is 118 Å². The predicted molar refractivity (Wildman–Crippen MR) is 69.1 cm³/mol. The number of carbonyl (C=O) groups is 1. The number of carbonyl (C=O) groups excluding carboxylic acids is 1. The lowest BCUT2D eigenvalue weighted by molar-refractivity contribution is -0.137. The van der Waals surface area contributed by atoms with E-state index in [1.165, 1.54) is 7.05 Å². The molecule has 0 radical (unpaired) electrons. The van der Waals surface area contributed by atoms with E-state index in [-0.39, 0.29) is 17.1 Å². The van der Waals surface area contributed by atoms with Crippen molar-refractivity contribution in [1.82, 2.24) is 4.90 Å². The zero-order valence-corrected chi connectivity index (χ0v) is 11.2. The number of hydrogen-bond acceptors (Lipinski definition) is 1. The number of rotatable bonds is 2. The van der Waals surface area contributed by atoms with Crippen molar-refractivity contribution in [2.75, 3.05) is 7.05 Å². The Morgan fingerprint density at radius 3 is 2.50 bits per heavy atom. The molecule has 0 aliphatic heterocycles. The second-order valence-electron chi connectivity index (χ2n) is 3.98. The van der Waals surface area contributed by atoms with Crippen LogP contribution in [0.2, 0.25) is 5.02 Å². The maximum Gasteiger partial charge on any atom is 0.416 e. The molecule has 0 spiro atoms. The molecule has 0 fully saturated rings. The molecule has 0 aliphatic carbocycles. The van der Waals surface area contributed by atoms with Crippen molar-refractivity contribution >= 4 is 23.6 Å². The number of urea groups is 1. The molecule has 0 heterocycles. The molecular weight excluding hydrogens is 297 g/mol. The van der Waals surface area contributed by atoms with Crippen molar-refractivity contribution in [3.63, 3.8) is 0 Å². The highest BCUT2D eigenvalue weighted by Crippen LogP contribution is 2.32.